The third kappa shape index (κ3) is 3.81. The maximum absolute atomic E-state index is 12.3. The average Bonchev–Trinajstić information content (AvgIpc) is 2.55. The van der Waals surface area contributed by atoms with Crippen molar-refractivity contribution in [2.75, 3.05) is 38.1 Å². The van der Waals surface area contributed by atoms with E-state index in [2.05, 4.69) is 19.2 Å². The highest BCUT2D eigenvalue weighted by Gasteiger charge is 2.27. The number of amides is 2. The number of nitro benzene ring substituents is 1. The molecular formula is C16H22N4O4. The van der Waals surface area contributed by atoms with Crippen molar-refractivity contribution in [3.05, 3.63) is 33.9 Å². The molecule has 2 rings (SSSR count). The summed E-state index contributed by atoms with van der Waals surface area (Å²) in [6.45, 7) is 6.13. The zero-order valence-electron chi connectivity index (χ0n) is 14.1. The van der Waals surface area contributed by atoms with Gasteiger partial charge >= 0.3 is 0 Å². The zero-order chi connectivity index (χ0) is 17.9. The number of carbonyl (C=O) groups is 2. The fourth-order valence-corrected chi connectivity index (χ4v) is 2.78. The highest BCUT2D eigenvalue weighted by Crippen LogP contribution is 2.27. The molecule has 8 nitrogen and oxygen atoms in total. The highest BCUT2D eigenvalue weighted by atomic mass is 16.6. The minimum Gasteiger partial charge on any atom is -0.360 e. The third-order valence-corrected chi connectivity index (χ3v) is 3.91. The molecular weight excluding hydrogens is 312 g/mol. The summed E-state index contributed by atoms with van der Waals surface area (Å²) < 4.78 is 0. The molecule has 1 fully saturated rings. The molecule has 0 unspecified atom stereocenters. The largest absolute Gasteiger partial charge is 0.360 e. The number of nitro groups is 1. The van der Waals surface area contributed by atoms with E-state index in [9.17, 15) is 19.7 Å². The fourth-order valence-electron chi connectivity index (χ4n) is 2.78. The van der Waals surface area contributed by atoms with E-state index in [1.165, 1.54) is 25.2 Å². The molecule has 1 saturated heterocycles. The summed E-state index contributed by atoms with van der Waals surface area (Å²) in [5.74, 6) is -0.0248. The van der Waals surface area contributed by atoms with Crippen LogP contribution in [0.25, 0.3) is 0 Å². The van der Waals surface area contributed by atoms with E-state index < -0.39 is 10.8 Å². The molecule has 1 N–H and O–H groups in total. The van der Waals surface area contributed by atoms with Gasteiger partial charge in [-0.2, -0.15) is 0 Å². The van der Waals surface area contributed by atoms with Gasteiger partial charge in [-0.15, -0.1) is 0 Å². The molecule has 0 aliphatic carbocycles. The monoisotopic (exact) mass is 334 g/mol. The molecule has 1 aromatic carbocycles. The minimum absolute atomic E-state index is 0.00356. The van der Waals surface area contributed by atoms with Crippen molar-refractivity contribution in [2.24, 2.45) is 5.92 Å². The summed E-state index contributed by atoms with van der Waals surface area (Å²) in [4.78, 5) is 38.4. The second-order valence-electron chi connectivity index (χ2n) is 6.19. The van der Waals surface area contributed by atoms with Crippen LogP contribution in [-0.2, 0) is 4.79 Å². The number of hydrogen-bond acceptors (Lipinski definition) is 5. The lowest BCUT2D eigenvalue weighted by Gasteiger charge is -2.37. The first kappa shape index (κ1) is 17.7. The van der Waals surface area contributed by atoms with Crippen LogP contribution in [0.5, 0.6) is 0 Å². The molecule has 0 aromatic heterocycles. The first-order valence-electron chi connectivity index (χ1n) is 7.86. The Labute approximate surface area is 140 Å². The van der Waals surface area contributed by atoms with Crippen LogP contribution in [-0.4, -0.2) is 54.9 Å². The minimum atomic E-state index is -0.540. The fraction of sp³-hybridized carbons (Fsp3) is 0.500. The van der Waals surface area contributed by atoms with Crippen molar-refractivity contribution in [1.29, 1.82) is 0 Å². The highest BCUT2D eigenvalue weighted by molar-refractivity contribution is 6.01. The SMILES string of the molecule is CNC(=O)c1cc([N+](=O)[O-])ccc1N1CCN(CC(C)C)C(=O)C1. The van der Waals surface area contributed by atoms with Crippen LogP contribution in [0.15, 0.2) is 18.2 Å². The van der Waals surface area contributed by atoms with Gasteiger partial charge in [0.2, 0.25) is 5.91 Å². The number of anilines is 1. The van der Waals surface area contributed by atoms with Gasteiger partial charge in [0.25, 0.3) is 11.6 Å². The predicted molar refractivity (Wildman–Crippen MR) is 90.1 cm³/mol. The molecule has 130 valence electrons. The van der Waals surface area contributed by atoms with Crippen molar-refractivity contribution >= 4 is 23.2 Å². The topological polar surface area (TPSA) is 95.8 Å². The summed E-state index contributed by atoms with van der Waals surface area (Å²) in [6.07, 6.45) is 0. The number of benzene rings is 1. The number of carbonyl (C=O) groups excluding carboxylic acids is 2. The molecule has 1 aromatic rings. The molecule has 8 heteroatoms. The van der Waals surface area contributed by atoms with Crippen LogP contribution in [0.4, 0.5) is 11.4 Å². The van der Waals surface area contributed by atoms with E-state index in [0.717, 1.165) is 0 Å². The van der Waals surface area contributed by atoms with E-state index in [1.807, 2.05) is 4.90 Å². The van der Waals surface area contributed by atoms with Crippen LogP contribution in [0.1, 0.15) is 24.2 Å². The van der Waals surface area contributed by atoms with Crippen LogP contribution in [0, 0.1) is 16.0 Å². The van der Waals surface area contributed by atoms with E-state index in [0.29, 0.717) is 31.2 Å². The molecule has 0 bridgehead atoms. The molecule has 2 amide bonds. The number of hydrogen-bond donors (Lipinski definition) is 1. The van der Waals surface area contributed by atoms with Crippen molar-refractivity contribution in [3.63, 3.8) is 0 Å². The summed E-state index contributed by atoms with van der Waals surface area (Å²) >= 11 is 0. The number of rotatable bonds is 5. The number of non-ortho nitro benzene ring substituents is 1. The van der Waals surface area contributed by atoms with Crippen molar-refractivity contribution in [2.45, 2.75) is 13.8 Å². The van der Waals surface area contributed by atoms with Crippen molar-refractivity contribution in [1.82, 2.24) is 10.2 Å². The van der Waals surface area contributed by atoms with Crippen LogP contribution < -0.4 is 10.2 Å². The normalized spacial score (nSPS) is 14.9. The Morgan fingerprint density at radius 2 is 2.08 bits per heavy atom. The Morgan fingerprint density at radius 1 is 1.38 bits per heavy atom. The van der Waals surface area contributed by atoms with Gasteiger partial charge in [0, 0.05) is 38.8 Å². The van der Waals surface area contributed by atoms with E-state index in [1.54, 1.807) is 4.90 Å². The first-order valence-corrected chi connectivity index (χ1v) is 7.86. The zero-order valence-corrected chi connectivity index (χ0v) is 14.1. The molecule has 1 aliphatic rings. The van der Waals surface area contributed by atoms with E-state index in [4.69, 9.17) is 0 Å². The Hall–Kier alpha value is -2.64. The molecule has 1 aliphatic heterocycles. The van der Waals surface area contributed by atoms with E-state index in [-0.39, 0.29) is 23.7 Å². The molecule has 24 heavy (non-hydrogen) atoms. The molecule has 0 spiro atoms. The summed E-state index contributed by atoms with van der Waals surface area (Å²) in [6, 6.07) is 4.14. The van der Waals surface area contributed by atoms with Gasteiger partial charge in [0.05, 0.1) is 22.7 Å². The predicted octanol–water partition coefficient (Wildman–Crippen LogP) is 1.26. The Balaban J connectivity index is 2.27. The number of nitrogens with zero attached hydrogens (tertiary/aromatic N) is 3. The van der Waals surface area contributed by atoms with Crippen molar-refractivity contribution < 1.29 is 14.5 Å². The van der Waals surface area contributed by atoms with Crippen LogP contribution in [0.3, 0.4) is 0 Å². The van der Waals surface area contributed by atoms with Crippen molar-refractivity contribution in [3.8, 4) is 0 Å². The first-order chi connectivity index (χ1) is 11.3. The number of nitrogens with one attached hydrogen (secondary N) is 1. The second-order valence-corrected chi connectivity index (χ2v) is 6.19. The Bertz CT molecular complexity index is 659. The van der Waals surface area contributed by atoms with E-state index >= 15 is 0 Å². The summed E-state index contributed by atoms with van der Waals surface area (Å²) in [7, 11) is 1.47. The van der Waals surface area contributed by atoms with Crippen LogP contribution in [0.2, 0.25) is 0 Å². The smallest absolute Gasteiger partial charge is 0.270 e. The molecule has 0 radical (unpaired) electrons. The standard InChI is InChI=1S/C16H22N4O4/c1-11(2)9-19-7-6-18(10-15(19)21)14-5-4-12(20(23)24)8-13(14)16(22)17-3/h4-5,8,11H,6-7,9-10H2,1-3H3,(H,17,22). The lowest BCUT2D eigenvalue weighted by molar-refractivity contribution is -0.384. The molecule has 1 heterocycles. The Morgan fingerprint density at radius 3 is 2.62 bits per heavy atom. The quantitative estimate of drug-likeness (QED) is 0.646. The van der Waals surface area contributed by atoms with Gasteiger partial charge in [-0.25, -0.2) is 0 Å². The summed E-state index contributed by atoms with van der Waals surface area (Å²) in [5.41, 5.74) is 0.594. The van der Waals surface area contributed by atoms with Gasteiger partial charge < -0.3 is 15.1 Å². The Kier molecular flexibility index (Phi) is 5.38. The molecule has 0 saturated carbocycles. The average molecular weight is 334 g/mol. The third-order valence-electron chi connectivity index (χ3n) is 3.91. The maximum Gasteiger partial charge on any atom is 0.270 e. The van der Waals surface area contributed by atoms with Gasteiger partial charge in [0.1, 0.15) is 0 Å². The van der Waals surface area contributed by atoms with Gasteiger partial charge in [0.15, 0.2) is 0 Å². The van der Waals surface area contributed by atoms with Gasteiger partial charge in [-0.05, 0) is 12.0 Å². The maximum atomic E-state index is 12.3. The number of piperazine rings is 1. The second kappa shape index (κ2) is 7.29. The lowest BCUT2D eigenvalue weighted by atomic mass is 10.1. The lowest BCUT2D eigenvalue weighted by Crippen LogP contribution is -2.51. The summed E-state index contributed by atoms with van der Waals surface area (Å²) in [5, 5.41) is 13.4. The van der Waals surface area contributed by atoms with Gasteiger partial charge in [-0.3, -0.25) is 19.7 Å². The van der Waals surface area contributed by atoms with Crippen LogP contribution >= 0.6 is 0 Å². The van der Waals surface area contributed by atoms with Gasteiger partial charge in [-0.1, -0.05) is 13.8 Å². The molecule has 0 atom stereocenters.